The van der Waals surface area contributed by atoms with Crippen molar-refractivity contribution in [3.8, 4) is 0 Å². The van der Waals surface area contributed by atoms with E-state index in [2.05, 4.69) is 9.97 Å². The summed E-state index contributed by atoms with van der Waals surface area (Å²) < 4.78 is 78.3. The molecule has 2 aliphatic rings. The Hall–Kier alpha value is -3.48. The van der Waals surface area contributed by atoms with Gasteiger partial charge in [0.2, 0.25) is 5.65 Å². The Morgan fingerprint density at radius 1 is 1.05 bits per heavy atom. The van der Waals surface area contributed by atoms with Crippen molar-refractivity contribution in [3.63, 3.8) is 0 Å². The van der Waals surface area contributed by atoms with Crippen LogP contribution in [0, 0.1) is 18.6 Å². The Morgan fingerprint density at radius 2 is 1.70 bits per heavy atom. The van der Waals surface area contributed by atoms with E-state index < -0.39 is 41.5 Å². The smallest absolute Gasteiger partial charge is 0.414 e. The predicted octanol–water partition coefficient (Wildman–Crippen LogP) is 3.93. The summed E-state index contributed by atoms with van der Waals surface area (Å²) in [4.78, 5) is 26.3. The quantitative estimate of drug-likeness (QED) is 0.468. The van der Waals surface area contributed by atoms with Crippen LogP contribution in [0.2, 0.25) is 0 Å². The van der Waals surface area contributed by atoms with E-state index in [-0.39, 0.29) is 31.9 Å². The molecule has 0 N–H and O–H groups in total. The number of carbonyl (C=O) groups excluding carboxylic acids is 1. The fourth-order valence-electron chi connectivity index (χ4n) is 4.34. The van der Waals surface area contributed by atoms with Crippen LogP contribution in [0.3, 0.4) is 0 Å². The molecule has 37 heavy (non-hydrogen) atoms. The third-order valence-corrected chi connectivity index (χ3v) is 6.53. The topological polar surface area (TPSA) is 74.9 Å². The first kappa shape index (κ1) is 25.2. The van der Waals surface area contributed by atoms with Crippen molar-refractivity contribution in [2.24, 2.45) is 0 Å². The van der Waals surface area contributed by atoms with Gasteiger partial charge < -0.3 is 23.9 Å². The van der Waals surface area contributed by atoms with Crippen LogP contribution < -0.4 is 9.80 Å². The maximum atomic E-state index is 14.9. The Labute approximate surface area is 208 Å². The molecular formula is C24H24F5N5O3. The van der Waals surface area contributed by atoms with Gasteiger partial charge in [0.25, 0.3) is 11.9 Å². The minimum atomic E-state index is -4.48. The summed E-state index contributed by atoms with van der Waals surface area (Å²) in [6.45, 7) is 3.97. The highest BCUT2D eigenvalue weighted by Gasteiger charge is 2.41. The van der Waals surface area contributed by atoms with Gasteiger partial charge in [-0.2, -0.15) is 18.2 Å². The molecule has 0 bridgehead atoms. The van der Waals surface area contributed by atoms with Crippen LogP contribution >= 0.6 is 0 Å². The number of amides is 1. The fourth-order valence-corrected chi connectivity index (χ4v) is 4.34. The third kappa shape index (κ3) is 5.04. The second-order valence-electron chi connectivity index (χ2n) is 9.18. The number of alkyl halides is 3. The van der Waals surface area contributed by atoms with Gasteiger partial charge in [0.15, 0.2) is 11.7 Å². The number of oxazole rings is 1. The normalized spacial score (nSPS) is 17.9. The SMILES string of the molecule is Cc1ccc2oc(N3CCN(C(=O)c4c(F)cc(N5CC(OC(C)C(F)(F)F)C5)cc4F)CC3)nc2n1. The molecule has 13 heteroatoms. The lowest BCUT2D eigenvalue weighted by atomic mass is 10.1. The average Bonchev–Trinajstić information content (AvgIpc) is 3.23. The van der Waals surface area contributed by atoms with Crippen LogP contribution in [-0.2, 0) is 4.74 Å². The zero-order chi connectivity index (χ0) is 26.5. The summed E-state index contributed by atoms with van der Waals surface area (Å²) in [7, 11) is 0. The summed E-state index contributed by atoms with van der Waals surface area (Å²) in [5.41, 5.74) is 1.29. The van der Waals surface area contributed by atoms with Gasteiger partial charge in [-0.3, -0.25) is 4.79 Å². The standard InChI is InChI=1S/C24H24F5N5O3/c1-13-3-4-19-21(30-13)31-23(37-19)33-7-5-32(6-8-33)22(35)20-17(25)9-15(10-18(20)26)34-11-16(12-34)36-14(2)24(27,28)29/h3-4,9-10,14,16H,5-8,11-12H2,1-2H3. The van der Waals surface area contributed by atoms with Crippen LogP contribution in [0.4, 0.5) is 33.7 Å². The van der Waals surface area contributed by atoms with Gasteiger partial charge in [-0.1, -0.05) is 0 Å². The van der Waals surface area contributed by atoms with E-state index in [4.69, 9.17) is 9.15 Å². The molecule has 198 valence electrons. The second kappa shape index (κ2) is 9.43. The molecule has 8 nitrogen and oxygen atoms in total. The van der Waals surface area contributed by atoms with Gasteiger partial charge in [-0.15, -0.1) is 0 Å². The van der Waals surface area contributed by atoms with Crippen molar-refractivity contribution >= 4 is 28.8 Å². The van der Waals surface area contributed by atoms with Crippen molar-refractivity contribution in [3.05, 3.63) is 47.2 Å². The predicted molar refractivity (Wildman–Crippen MR) is 124 cm³/mol. The summed E-state index contributed by atoms with van der Waals surface area (Å²) in [6.07, 6.45) is -7.12. The third-order valence-electron chi connectivity index (χ3n) is 6.53. The molecule has 1 unspecified atom stereocenters. The van der Waals surface area contributed by atoms with Crippen molar-refractivity contribution in [2.75, 3.05) is 49.1 Å². The molecule has 0 saturated carbocycles. The minimum absolute atomic E-state index is 0.0550. The largest absolute Gasteiger partial charge is 0.422 e. The molecule has 1 aromatic carbocycles. The van der Waals surface area contributed by atoms with Gasteiger partial charge in [0.05, 0.1) is 6.10 Å². The summed E-state index contributed by atoms with van der Waals surface area (Å²) in [5.74, 6) is -2.84. The summed E-state index contributed by atoms with van der Waals surface area (Å²) in [5, 5.41) is 0. The molecule has 4 heterocycles. The number of anilines is 2. The fraction of sp³-hybridized carbons (Fsp3) is 0.458. The maximum absolute atomic E-state index is 14.9. The number of hydrogen-bond acceptors (Lipinski definition) is 7. The summed E-state index contributed by atoms with van der Waals surface area (Å²) in [6, 6.07) is 5.99. The molecule has 3 aromatic rings. The molecule has 0 aliphatic carbocycles. The molecule has 2 saturated heterocycles. The molecule has 0 radical (unpaired) electrons. The molecule has 0 spiro atoms. The molecule has 2 aromatic heterocycles. The van der Waals surface area contributed by atoms with Crippen LogP contribution in [0.1, 0.15) is 23.0 Å². The van der Waals surface area contributed by atoms with Crippen molar-refractivity contribution in [1.82, 2.24) is 14.9 Å². The zero-order valence-corrected chi connectivity index (χ0v) is 20.1. The lowest BCUT2D eigenvalue weighted by Gasteiger charge is -2.42. The molecule has 2 fully saturated rings. The molecular weight excluding hydrogens is 501 g/mol. The molecule has 1 atom stereocenters. The number of piperazine rings is 1. The van der Waals surface area contributed by atoms with Gasteiger partial charge in [-0.25, -0.2) is 13.8 Å². The first-order valence-corrected chi connectivity index (χ1v) is 11.7. The number of rotatable bonds is 5. The highest BCUT2D eigenvalue weighted by molar-refractivity contribution is 5.95. The first-order chi connectivity index (χ1) is 17.5. The van der Waals surface area contributed by atoms with E-state index >= 15 is 0 Å². The van der Waals surface area contributed by atoms with E-state index in [0.717, 1.165) is 24.8 Å². The van der Waals surface area contributed by atoms with Crippen molar-refractivity contribution in [1.29, 1.82) is 0 Å². The van der Waals surface area contributed by atoms with Crippen molar-refractivity contribution < 1.29 is 35.9 Å². The van der Waals surface area contributed by atoms with Crippen molar-refractivity contribution in [2.45, 2.75) is 32.2 Å². The monoisotopic (exact) mass is 525 g/mol. The Bertz CT molecular complexity index is 1290. The minimum Gasteiger partial charge on any atom is -0.422 e. The number of nitrogens with zero attached hydrogens (tertiary/aromatic N) is 5. The van der Waals surface area contributed by atoms with E-state index in [0.29, 0.717) is 30.3 Å². The van der Waals surface area contributed by atoms with E-state index in [9.17, 15) is 26.7 Å². The Morgan fingerprint density at radius 3 is 2.32 bits per heavy atom. The van der Waals surface area contributed by atoms with E-state index in [1.165, 1.54) is 9.80 Å². The maximum Gasteiger partial charge on any atom is 0.414 e. The Kier molecular flexibility index (Phi) is 6.42. The number of hydrogen-bond donors (Lipinski definition) is 0. The van der Waals surface area contributed by atoms with Crippen LogP contribution in [0.5, 0.6) is 0 Å². The number of ether oxygens (including phenoxy) is 1. The molecule has 5 rings (SSSR count). The van der Waals surface area contributed by atoms with Gasteiger partial charge >= 0.3 is 6.18 Å². The molecule has 1 amide bonds. The number of pyridine rings is 1. The van der Waals surface area contributed by atoms with E-state index in [1.807, 2.05) is 17.9 Å². The van der Waals surface area contributed by atoms with Crippen LogP contribution in [-0.4, -0.2) is 78.4 Å². The number of aromatic nitrogens is 2. The van der Waals surface area contributed by atoms with Crippen LogP contribution in [0.15, 0.2) is 28.7 Å². The number of carbonyl (C=O) groups is 1. The van der Waals surface area contributed by atoms with Gasteiger partial charge in [0.1, 0.15) is 17.2 Å². The summed E-state index contributed by atoms with van der Waals surface area (Å²) >= 11 is 0. The highest BCUT2D eigenvalue weighted by Crippen LogP contribution is 2.31. The average molecular weight is 525 g/mol. The molecule has 2 aliphatic heterocycles. The number of benzene rings is 1. The zero-order valence-electron chi connectivity index (χ0n) is 20.1. The van der Waals surface area contributed by atoms with Gasteiger partial charge in [-0.05, 0) is 38.1 Å². The van der Waals surface area contributed by atoms with Gasteiger partial charge in [0, 0.05) is 50.6 Å². The van der Waals surface area contributed by atoms with Crippen LogP contribution in [0.25, 0.3) is 11.2 Å². The lowest BCUT2D eigenvalue weighted by Crippen LogP contribution is -2.54. The highest BCUT2D eigenvalue weighted by atomic mass is 19.4. The Balaban J connectivity index is 1.20. The number of halogens is 5. The van der Waals surface area contributed by atoms with E-state index in [1.54, 1.807) is 6.07 Å². The lowest BCUT2D eigenvalue weighted by molar-refractivity contribution is -0.228. The second-order valence-corrected chi connectivity index (χ2v) is 9.18. The number of fused-ring (bicyclic) bond motifs is 1. The number of aryl methyl sites for hydroxylation is 1. The first-order valence-electron chi connectivity index (χ1n) is 11.7.